The van der Waals surface area contributed by atoms with E-state index in [9.17, 15) is 23.1 Å². The van der Waals surface area contributed by atoms with Gasteiger partial charge in [0, 0.05) is 5.56 Å². The first-order valence-corrected chi connectivity index (χ1v) is 9.33. The van der Waals surface area contributed by atoms with E-state index in [1.165, 1.54) is 6.07 Å². The van der Waals surface area contributed by atoms with E-state index in [1.54, 1.807) is 18.2 Å². The van der Waals surface area contributed by atoms with Crippen molar-refractivity contribution in [2.45, 2.75) is 38.3 Å². The van der Waals surface area contributed by atoms with Gasteiger partial charge in [0.15, 0.2) is 6.61 Å². The summed E-state index contributed by atoms with van der Waals surface area (Å²) in [4.78, 5) is 11.3. The second-order valence-corrected chi connectivity index (χ2v) is 7.60. The average Bonchev–Trinajstić information content (AvgIpc) is 3.42. The molecule has 1 atom stereocenters. The van der Waals surface area contributed by atoms with Crippen molar-refractivity contribution in [1.82, 2.24) is 0 Å². The van der Waals surface area contributed by atoms with Gasteiger partial charge in [0.2, 0.25) is 0 Å². The Hall–Kier alpha value is -2.21. The highest BCUT2D eigenvalue weighted by Gasteiger charge is 2.35. The molecule has 1 aliphatic carbocycles. The minimum Gasteiger partial charge on any atom is -0.482 e. The fourth-order valence-corrected chi connectivity index (χ4v) is 3.60. The Balaban J connectivity index is 2.06. The number of hydrogen-bond acceptors (Lipinski definition) is 2. The number of carboxylic acids is 1. The number of alkyl halides is 3. The largest absolute Gasteiger partial charge is 0.482 e. The smallest absolute Gasteiger partial charge is 0.422 e. The van der Waals surface area contributed by atoms with Crippen LogP contribution in [0.3, 0.4) is 0 Å². The molecular weight excluding hydrogens is 393 g/mol. The summed E-state index contributed by atoms with van der Waals surface area (Å²) in [6.07, 6.45) is -2.67. The Morgan fingerprint density at radius 2 is 1.89 bits per heavy atom. The van der Waals surface area contributed by atoms with Crippen LogP contribution in [0.25, 0.3) is 11.1 Å². The minimum absolute atomic E-state index is 0.0446. The Morgan fingerprint density at radius 1 is 1.25 bits per heavy atom. The fourth-order valence-electron chi connectivity index (χ4n) is 3.32. The van der Waals surface area contributed by atoms with E-state index in [-0.39, 0.29) is 29.0 Å². The SMILES string of the molecule is Cc1ccc(-c2cc(C(CC(=O)O)C3CC3)cc(Cl)c2OCC(F)(F)F)cc1. The molecule has 0 aromatic heterocycles. The summed E-state index contributed by atoms with van der Waals surface area (Å²) in [5.41, 5.74) is 2.81. The molecule has 0 radical (unpaired) electrons. The highest BCUT2D eigenvalue weighted by molar-refractivity contribution is 6.32. The van der Waals surface area contributed by atoms with Gasteiger partial charge in [-0.2, -0.15) is 13.2 Å². The lowest BCUT2D eigenvalue weighted by molar-refractivity contribution is -0.153. The highest BCUT2D eigenvalue weighted by Crippen LogP contribution is 2.48. The summed E-state index contributed by atoms with van der Waals surface area (Å²) in [7, 11) is 0. The van der Waals surface area contributed by atoms with Gasteiger partial charge in [0.1, 0.15) is 5.75 Å². The maximum atomic E-state index is 12.7. The number of carboxylic acid groups (broad SMARTS) is 1. The zero-order valence-electron chi connectivity index (χ0n) is 15.2. The quantitative estimate of drug-likeness (QED) is 0.586. The van der Waals surface area contributed by atoms with Crippen LogP contribution in [-0.4, -0.2) is 23.9 Å². The van der Waals surface area contributed by atoms with E-state index in [4.69, 9.17) is 16.3 Å². The maximum Gasteiger partial charge on any atom is 0.422 e. The molecule has 28 heavy (non-hydrogen) atoms. The molecule has 7 heteroatoms. The van der Waals surface area contributed by atoms with E-state index in [0.29, 0.717) is 16.7 Å². The van der Waals surface area contributed by atoms with Crippen LogP contribution in [0.2, 0.25) is 5.02 Å². The van der Waals surface area contributed by atoms with Crippen LogP contribution in [-0.2, 0) is 4.79 Å². The number of hydrogen-bond donors (Lipinski definition) is 1. The zero-order chi connectivity index (χ0) is 20.5. The minimum atomic E-state index is -4.49. The third-order valence-electron chi connectivity index (χ3n) is 4.82. The molecular formula is C21H20ClF3O3. The van der Waals surface area contributed by atoms with Crippen LogP contribution in [0, 0.1) is 12.8 Å². The van der Waals surface area contributed by atoms with Gasteiger partial charge in [0.05, 0.1) is 11.4 Å². The molecule has 0 heterocycles. The van der Waals surface area contributed by atoms with E-state index in [1.807, 2.05) is 19.1 Å². The Morgan fingerprint density at radius 3 is 2.43 bits per heavy atom. The second kappa shape index (κ2) is 8.03. The zero-order valence-corrected chi connectivity index (χ0v) is 16.0. The van der Waals surface area contributed by atoms with Crippen LogP contribution in [0.15, 0.2) is 36.4 Å². The van der Waals surface area contributed by atoms with Crippen LogP contribution < -0.4 is 4.74 Å². The summed E-state index contributed by atoms with van der Waals surface area (Å²) in [5, 5.41) is 9.30. The van der Waals surface area contributed by atoms with Crippen molar-refractivity contribution in [1.29, 1.82) is 0 Å². The van der Waals surface area contributed by atoms with Crippen LogP contribution in [0.5, 0.6) is 5.75 Å². The molecule has 2 aromatic carbocycles. The maximum absolute atomic E-state index is 12.7. The number of aliphatic carboxylic acids is 1. The topological polar surface area (TPSA) is 46.5 Å². The lowest BCUT2D eigenvalue weighted by atomic mass is 9.88. The van der Waals surface area contributed by atoms with Crippen LogP contribution in [0.4, 0.5) is 13.2 Å². The van der Waals surface area contributed by atoms with E-state index < -0.39 is 18.8 Å². The molecule has 1 fully saturated rings. The van der Waals surface area contributed by atoms with E-state index >= 15 is 0 Å². The van der Waals surface area contributed by atoms with Gasteiger partial charge in [0.25, 0.3) is 0 Å². The number of ether oxygens (including phenoxy) is 1. The number of carbonyl (C=O) groups is 1. The number of halogens is 4. The van der Waals surface area contributed by atoms with Crippen molar-refractivity contribution in [2.75, 3.05) is 6.61 Å². The van der Waals surface area contributed by atoms with Gasteiger partial charge in [-0.1, -0.05) is 41.4 Å². The van der Waals surface area contributed by atoms with Crippen molar-refractivity contribution in [3.8, 4) is 16.9 Å². The lowest BCUT2D eigenvalue weighted by Crippen LogP contribution is -2.19. The van der Waals surface area contributed by atoms with Crippen molar-refractivity contribution < 1.29 is 27.8 Å². The van der Waals surface area contributed by atoms with Gasteiger partial charge in [-0.3, -0.25) is 4.79 Å². The third-order valence-corrected chi connectivity index (χ3v) is 5.10. The van der Waals surface area contributed by atoms with Crippen LogP contribution in [0.1, 0.15) is 36.3 Å². The Kier molecular flexibility index (Phi) is 5.89. The van der Waals surface area contributed by atoms with Crippen LogP contribution >= 0.6 is 11.6 Å². The molecule has 3 nitrogen and oxygen atoms in total. The molecule has 0 aliphatic heterocycles. The lowest BCUT2D eigenvalue weighted by Gasteiger charge is -2.20. The van der Waals surface area contributed by atoms with Gasteiger partial charge in [-0.05, 0) is 54.9 Å². The number of aryl methyl sites for hydroxylation is 1. The molecule has 1 saturated carbocycles. The van der Waals surface area contributed by atoms with Gasteiger partial charge < -0.3 is 9.84 Å². The molecule has 1 N–H and O–H groups in total. The number of rotatable bonds is 7. The predicted molar refractivity (Wildman–Crippen MR) is 101 cm³/mol. The van der Waals surface area contributed by atoms with Crippen molar-refractivity contribution in [2.24, 2.45) is 5.92 Å². The summed E-state index contributed by atoms with van der Waals surface area (Å²) in [5.74, 6) is -0.936. The molecule has 150 valence electrons. The predicted octanol–water partition coefficient (Wildman–Crippen LogP) is 6.22. The Bertz CT molecular complexity index is 858. The highest BCUT2D eigenvalue weighted by atomic mass is 35.5. The first-order chi connectivity index (χ1) is 13.1. The third kappa shape index (κ3) is 5.19. The normalized spacial score (nSPS) is 15.3. The molecule has 2 aromatic rings. The van der Waals surface area contributed by atoms with E-state index in [0.717, 1.165) is 18.4 Å². The molecule has 1 aliphatic rings. The van der Waals surface area contributed by atoms with E-state index in [2.05, 4.69) is 0 Å². The van der Waals surface area contributed by atoms with Gasteiger partial charge in [-0.25, -0.2) is 0 Å². The van der Waals surface area contributed by atoms with Crippen molar-refractivity contribution >= 4 is 17.6 Å². The second-order valence-electron chi connectivity index (χ2n) is 7.19. The number of benzene rings is 2. The Labute approximate surface area is 166 Å². The van der Waals surface area contributed by atoms with Gasteiger partial charge >= 0.3 is 12.1 Å². The van der Waals surface area contributed by atoms with Crippen molar-refractivity contribution in [3.63, 3.8) is 0 Å². The molecule has 0 bridgehead atoms. The molecule has 1 unspecified atom stereocenters. The van der Waals surface area contributed by atoms with Crippen molar-refractivity contribution in [3.05, 3.63) is 52.5 Å². The molecule has 3 rings (SSSR count). The molecule has 0 saturated heterocycles. The first-order valence-electron chi connectivity index (χ1n) is 8.96. The summed E-state index contributed by atoms with van der Waals surface area (Å²) >= 11 is 6.31. The molecule has 0 amide bonds. The fraction of sp³-hybridized carbons (Fsp3) is 0.381. The summed E-state index contributed by atoms with van der Waals surface area (Å²) in [6.45, 7) is 0.455. The average molecular weight is 413 g/mol. The monoisotopic (exact) mass is 412 g/mol. The summed E-state index contributed by atoms with van der Waals surface area (Å²) < 4.78 is 43.1. The summed E-state index contributed by atoms with van der Waals surface area (Å²) in [6, 6.07) is 10.5. The first kappa shape index (κ1) is 20.5. The standard InChI is InChI=1S/C21H20ClF3O3/c1-12-2-4-14(5-3-12)17-8-15(16(10-19(26)27)13-6-7-13)9-18(22)20(17)28-11-21(23,24)25/h2-5,8-9,13,16H,6-7,10-11H2,1H3,(H,26,27). The molecule has 0 spiro atoms. The van der Waals surface area contributed by atoms with Gasteiger partial charge in [-0.15, -0.1) is 0 Å².